The van der Waals surface area contributed by atoms with Gasteiger partial charge in [-0.25, -0.2) is 0 Å². The summed E-state index contributed by atoms with van der Waals surface area (Å²) in [4.78, 5) is 48.9. The lowest BCUT2D eigenvalue weighted by Gasteiger charge is -2.26. The molecular weight excluding hydrogens is 761 g/mol. The van der Waals surface area contributed by atoms with Crippen molar-refractivity contribution in [1.82, 2.24) is 15.2 Å². The number of nitriles is 1. The Morgan fingerprint density at radius 1 is 0.862 bits per heavy atom. The molecule has 1 unspecified atom stereocenters. The molecule has 0 aliphatic carbocycles. The van der Waals surface area contributed by atoms with Crippen molar-refractivity contribution in [2.24, 2.45) is 0 Å². The van der Waals surface area contributed by atoms with Gasteiger partial charge in [0.1, 0.15) is 22.0 Å². The molecule has 286 valence electrons. The van der Waals surface area contributed by atoms with E-state index in [4.69, 9.17) is 0 Å². The number of thioether (sulfide) groups is 1. The first-order valence-corrected chi connectivity index (χ1v) is 20.5. The molecule has 1 atom stereocenters. The van der Waals surface area contributed by atoms with E-state index in [-0.39, 0.29) is 11.6 Å². The Morgan fingerprint density at radius 2 is 1.59 bits per heavy atom. The van der Waals surface area contributed by atoms with Gasteiger partial charge in [0.2, 0.25) is 5.91 Å². The van der Waals surface area contributed by atoms with Gasteiger partial charge in [-0.2, -0.15) is 5.26 Å². The number of rotatable bonds is 12. The van der Waals surface area contributed by atoms with E-state index in [1.54, 1.807) is 48.7 Å². The fraction of sp³-hybridized carbons (Fsp3) is 0.106. The molecule has 4 N–H and O–H groups in total. The number of aromatic nitrogens is 1. The number of aromatic amines is 1. The van der Waals surface area contributed by atoms with Crippen LogP contribution in [-0.4, -0.2) is 34.2 Å². The van der Waals surface area contributed by atoms with Crippen molar-refractivity contribution < 1.29 is 14.4 Å². The maximum absolute atomic E-state index is 14.3. The molecule has 0 bridgehead atoms. The van der Waals surface area contributed by atoms with Crippen molar-refractivity contribution in [1.29, 1.82) is 5.26 Å². The third-order valence-corrected chi connectivity index (χ3v) is 12.2. The van der Waals surface area contributed by atoms with Crippen LogP contribution in [0, 0.1) is 11.3 Å². The monoisotopic (exact) mass is 798 g/mol. The molecule has 1 aliphatic heterocycles. The molecule has 0 saturated heterocycles. The molecule has 3 amide bonds. The van der Waals surface area contributed by atoms with E-state index in [9.17, 15) is 19.6 Å². The maximum Gasteiger partial charge on any atom is 0.272 e. The number of para-hydroxylation sites is 1. The molecule has 8 rings (SSSR count). The van der Waals surface area contributed by atoms with Crippen LogP contribution in [0.15, 0.2) is 156 Å². The number of benzene rings is 5. The highest BCUT2D eigenvalue weighted by molar-refractivity contribution is 8.00. The number of amides is 3. The van der Waals surface area contributed by atoms with E-state index in [1.165, 1.54) is 28.7 Å². The van der Waals surface area contributed by atoms with Crippen LogP contribution in [0.3, 0.4) is 0 Å². The van der Waals surface area contributed by atoms with E-state index >= 15 is 0 Å². The van der Waals surface area contributed by atoms with Gasteiger partial charge in [-0.3, -0.25) is 19.3 Å². The highest BCUT2D eigenvalue weighted by Crippen LogP contribution is 2.41. The zero-order valence-electron chi connectivity index (χ0n) is 31.3. The van der Waals surface area contributed by atoms with Crippen molar-refractivity contribution in [2.45, 2.75) is 29.7 Å². The number of hydrogen-bond donors (Lipinski definition) is 4. The molecule has 11 heteroatoms. The summed E-state index contributed by atoms with van der Waals surface area (Å²) in [5, 5.41) is 20.0. The predicted molar refractivity (Wildman–Crippen MR) is 232 cm³/mol. The number of nitrogens with zero attached hydrogens (tertiary/aromatic N) is 2. The standard InChI is InChI=1S/C47H38N6O3S2/c48-27-39-38-23-24-53(29-31-13-4-1-5-14-31)30-42(38)58-47(39)52-46(56)43(32-15-6-2-7-16-32)57-36-20-12-19-35(26-36)50-45(55)41(51-44(54)33-17-8-3-9-18-33)25-34-28-49-40-22-11-10-21-37(34)40/h1-22,25-26,28,43,49H,23-24,29-30H2,(H,50,55)(H,51,54)(H,52,56)/b41-25-. The van der Waals surface area contributed by atoms with Gasteiger partial charge in [-0.05, 0) is 65.6 Å². The largest absolute Gasteiger partial charge is 0.361 e. The van der Waals surface area contributed by atoms with Crippen molar-refractivity contribution >= 4 is 68.5 Å². The molecule has 0 fully saturated rings. The molecule has 2 aromatic heterocycles. The summed E-state index contributed by atoms with van der Waals surface area (Å²) in [6.45, 7) is 2.36. The highest BCUT2D eigenvalue weighted by Gasteiger charge is 2.29. The van der Waals surface area contributed by atoms with Gasteiger partial charge < -0.3 is 20.9 Å². The number of hydrogen-bond acceptors (Lipinski definition) is 7. The molecule has 0 radical (unpaired) electrons. The van der Waals surface area contributed by atoms with Crippen LogP contribution in [0.2, 0.25) is 0 Å². The SMILES string of the molecule is N#Cc1c(NC(=O)C(Sc2cccc(NC(=O)/C(=C/c3c[nH]c4ccccc34)NC(=O)c3ccccc3)c2)c2ccccc2)sc2c1CCN(Cc1ccccc1)C2. The molecule has 58 heavy (non-hydrogen) atoms. The third-order valence-electron chi connectivity index (χ3n) is 9.87. The van der Waals surface area contributed by atoms with Gasteiger partial charge in [-0.15, -0.1) is 23.1 Å². The van der Waals surface area contributed by atoms with Gasteiger partial charge >= 0.3 is 0 Å². The van der Waals surface area contributed by atoms with E-state index in [0.717, 1.165) is 56.9 Å². The zero-order valence-corrected chi connectivity index (χ0v) is 32.9. The maximum atomic E-state index is 14.3. The van der Waals surface area contributed by atoms with Gasteiger partial charge in [0.05, 0.1) is 5.56 Å². The second kappa shape index (κ2) is 17.6. The summed E-state index contributed by atoms with van der Waals surface area (Å²) in [5.41, 5.74) is 6.18. The quantitative estimate of drug-likeness (QED) is 0.0720. The second-order valence-electron chi connectivity index (χ2n) is 13.8. The number of carbonyl (C=O) groups excluding carboxylic acids is 3. The minimum absolute atomic E-state index is 0.0633. The van der Waals surface area contributed by atoms with Crippen molar-refractivity contribution in [3.05, 3.63) is 190 Å². The van der Waals surface area contributed by atoms with Crippen molar-refractivity contribution in [3.8, 4) is 6.07 Å². The number of thiophene rings is 1. The molecule has 9 nitrogen and oxygen atoms in total. The van der Waals surface area contributed by atoms with E-state index in [1.807, 2.05) is 91.0 Å². The van der Waals surface area contributed by atoms with Crippen LogP contribution in [0.4, 0.5) is 10.7 Å². The number of H-pyrrole nitrogens is 1. The van der Waals surface area contributed by atoms with E-state index < -0.39 is 17.1 Å². The molecule has 3 heterocycles. The molecule has 5 aromatic carbocycles. The van der Waals surface area contributed by atoms with Gasteiger partial charge in [0.15, 0.2) is 0 Å². The summed E-state index contributed by atoms with van der Waals surface area (Å²) >= 11 is 2.82. The Morgan fingerprint density at radius 3 is 2.36 bits per heavy atom. The Labute approximate surface area is 344 Å². The average Bonchev–Trinajstić information content (AvgIpc) is 3.83. The van der Waals surface area contributed by atoms with Crippen LogP contribution in [-0.2, 0) is 29.1 Å². The normalized spacial score (nSPS) is 13.3. The Hall–Kier alpha value is -6.71. The molecule has 0 spiro atoms. The van der Waals surface area contributed by atoms with Crippen molar-refractivity contribution in [3.63, 3.8) is 0 Å². The lowest BCUT2D eigenvalue weighted by molar-refractivity contribution is -0.116. The van der Waals surface area contributed by atoms with Crippen LogP contribution in [0.25, 0.3) is 17.0 Å². The molecule has 1 aliphatic rings. The van der Waals surface area contributed by atoms with Crippen molar-refractivity contribution in [2.75, 3.05) is 17.2 Å². The van der Waals surface area contributed by atoms with Gasteiger partial charge in [-0.1, -0.05) is 103 Å². The number of anilines is 2. The van der Waals surface area contributed by atoms with Gasteiger partial charge in [0.25, 0.3) is 11.8 Å². The summed E-state index contributed by atoms with van der Waals surface area (Å²) in [7, 11) is 0. The summed E-state index contributed by atoms with van der Waals surface area (Å²) in [6.07, 6.45) is 4.19. The highest BCUT2D eigenvalue weighted by atomic mass is 32.2. The lowest BCUT2D eigenvalue weighted by Crippen LogP contribution is -2.30. The van der Waals surface area contributed by atoms with Crippen LogP contribution >= 0.6 is 23.1 Å². The number of carbonyl (C=O) groups is 3. The Bertz CT molecular complexity index is 2670. The number of nitrogens with one attached hydrogen (secondary N) is 4. The summed E-state index contributed by atoms with van der Waals surface area (Å²) in [5.74, 6) is -1.19. The van der Waals surface area contributed by atoms with E-state index in [2.05, 4.69) is 44.0 Å². The predicted octanol–water partition coefficient (Wildman–Crippen LogP) is 9.54. The topological polar surface area (TPSA) is 130 Å². The smallest absolute Gasteiger partial charge is 0.272 e. The third kappa shape index (κ3) is 8.80. The minimum Gasteiger partial charge on any atom is -0.361 e. The Kier molecular flexibility index (Phi) is 11.6. The minimum atomic E-state index is -0.671. The van der Waals surface area contributed by atoms with Gasteiger partial charge in [0, 0.05) is 63.3 Å². The van der Waals surface area contributed by atoms with Crippen LogP contribution in [0.5, 0.6) is 0 Å². The lowest BCUT2D eigenvalue weighted by atomic mass is 10.0. The first kappa shape index (κ1) is 38.2. The first-order chi connectivity index (χ1) is 28.4. The fourth-order valence-electron chi connectivity index (χ4n) is 7.01. The zero-order chi connectivity index (χ0) is 39.8. The van der Waals surface area contributed by atoms with Crippen LogP contribution < -0.4 is 16.0 Å². The average molecular weight is 799 g/mol. The molecule has 7 aromatic rings. The van der Waals surface area contributed by atoms with Crippen LogP contribution in [0.1, 0.15) is 48.3 Å². The first-order valence-electron chi connectivity index (χ1n) is 18.8. The van der Waals surface area contributed by atoms with E-state index in [0.29, 0.717) is 28.4 Å². The molecular formula is C47H38N6O3S2. The summed E-state index contributed by atoms with van der Waals surface area (Å²) < 4.78 is 0. The second-order valence-corrected chi connectivity index (χ2v) is 16.1. The summed E-state index contributed by atoms with van der Waals surface area (Å²) in [6, 6.07) is 45.9. The molecule has 0 saturated carbocycles. The Balaban J connectivity index is 1.02. The number of fused-ring (bicyclic) bond motifs is 2. The fourth-order valence-corrected chi connectivity index (χ4v) is 9.34.